The summed E-state index contributed by atoms with van der Waals surface area (Å²) in [5.41, 5.74) is -0.441. The lowest BCUT2D eigenvalue weighted by Crippen LogP contribution is -2.36. The van der Waals surface area contributed by atoms with Gasteiger partial charge in [-0.15, -0.1) is 0 Å². The zero-order valence-electron chi connectivity index (χ0n) is 11.7. The summed E-state index contributed by atoms with van der Waals surface area (Å²) in [4.78, 5) is 17.9. The lowest BCUT2D eigenvalue weighted by Gasteiger charge is -2.24. The zero-order chi connectivity index (χ0) is 13.9. The standard InChI is InChI=1S/C14H21N3O2/c1-14(2,3)19-13(18)17-9-7-11(10-17)16-12-6-4-5-8-15-12/h4-6,8,11H,7,9-10H2,1-3H3,(H,15,16). The summed E-state index contributed by atoms with van der Waals surface area (Å²) in [6, 6.07) is 5.99. The van der Waals surface area contributed by atoms with Crippen molar-refractivity contribution in [1.29, 1.82) is 0 Å². The SMILES string of the molecule is CC(C)(C)OC(=O)N1CCC(Nc2ccccn2)C1. The van der Waals surface area contributed by atoms with Crippen LogP contribution in [0.2, 0.25) is 0 Å². The molecule has 0 radical (unpaired) electrons. The fraction of sp³-hybridized carbons (Fsp3) is 0.571. The Morgan fingerprint density at radius 2 is 2.26 bits per heavy atom. The van der Waals surface area contributed by atoms with Crippen LogP contribution in [-0.4, -0.2) is 40.7 Å². The van der Waals surface area contributed by atoms with Gasteiger partial charge in [0.1, 0.15) is 11.4 Å². The summed E-state index contributed by atoms with van der Waals surface area (Å²) in [5.74, 6) is 0.846. The topological polar surface area (TPSA) is 54.5 Å². The van der Waals surface area contributed by atoms with Crippen molar-refractivity contribution in [2.75, 3.05) is 18.4 Å². The molecular formula is C14H21N3O2. The molecule has 1 aromatic rings. The van der Waals surface area contributed by atoms with E-state index in [-0.39, 0.29) is 12.1 Å². The van der Waals surface area contributed by atoms with Gasteiger partial charge in [-0.3, -0.25) is 0 Å². The molecule has 1 aliphatic rings. The number of rotatable bonds is 2. The average molecular weight is 263 g/mol. The molecule has 0 saturated carbocycles. The number of aromatic nitrogens is 1. The number of nitrogens with zero attached hydrogens (tertiary/aromatic N) is 2. The maximum absolute atomic E-state index is 11.9. The van der Waals surface area contributed by atoms with Gasteiger partial charge in [-0.2, -0.15) is 0 Å². The van der Waals surface area contributed by atoms with Crippen molar-refractivity contribution in [2.45, 2.75) is 38.8 Å². The number of carbonyl (C=O) groups excluding carboxylic acids is 1. The maximum Gasteiger partial charge on any atom is 0.410 e. The fourth-order valence-corrected chi connectivity index (χ4v) is 2.03. The molecule has 0 aliphatic carbocycles. The molecule has 1 atom stereocenters. The average Bonchev–Trinajstić information content (AvgIpc) is 2.77. The van der Waals surface area contributed by atoms with Crippen LogP contribution in [0.4, 0.5) is 10.6 Å². The Bertz CT molecular complexity index is 428. The number of likely N-dealkylation sites (tertiary alicyclic amines) is 1. The van der Waals surface area contributed by atoms with Gasteiger partial charge in [-0.1, -0.05) is 6.07 Å². The second kappa shape index (κ2) is 5.47. The highest BCUT2D eigenvalue weighted by atomic mass is 16.6. The molecule has 5 nitrogen and oxygen atoms in total. The van der Waals surface area contributed by atoms with Gasteiger partial charge in [0, 0.05) is 25.3 Å². The van der Waals surface area contributed by atoms with Crippen molar-refractivity contribution in [3.8, 4) is 0 Å². The number of hydrogen-bond donors (Lipinski definition) is 1. The van der Waals surface area contributed by atoms with Crippen LogP contribution in [0.1, 0.15) is 27.2 Å². The molecule has 1 fully saturated rings. The van der Waals surface area contributed by atoms with Crippen molar-refractivity contribution in [3.05, 3.63) is 24.4 Å². The predicted molar refractivity (Wildman–Crippen MR) is 74.1 cm³/mol. The molecule has 0 aromatic carbocycles. The molecule has 1 N–H and O–H groups in total. The Hall–Kier alpha value is -1.78. The van der Waals surface area contributed by atoms with Crippen molar-refractivity contribution in [3.63, 3.8) is 0 Å². The Kier molecular flexibility index (Phi) is 3.93. The monoisotopic (exact) mass is 263 g/mol. The molecule has 0 bridgehead atoms. The molecule has 19 heavy (non-hydrogen) atoms. The Morgan fingerprint density at radius 1 is 1.47 bits per heavy atom. The minimum atomic E-state index is -0.441. The third-order valence-electron chi connectivity index (χ3n) is 2.86. The minimum absolute atomic E-state index is 0.238. The maximum atomic E-state index is 11.9. The van der Waals surface area contributed by atoms with Gasteiger partial charge in [-0.25, -0.2) is 9.78 Å². The molecular weight excluding hydrogens is 242 g/mol. The normalized spacial score (nSPS) is 19.3. The number of carbonyl (C=O) groups is 1. The van der Waals surface area contributed by atoms with Crippen LogP contribution in [0.5, 0.6) is 0 Å². The molecule has 1 unspecified atom stereocenters. The van der Waals surface area contributed by atoms with E-state index in [2.05, 4.69) is 10.3 Å². The van der Waals surface area contributed by atoms with Crippen molar-refractivity contribution < 1.29 is 9.53 Å². The van der Waals surface area contributed by atoms with Crippen LogP contribution >= 0.6 is 0 Å². The quantitative estimate of drug-likeness (QED) is 0.890. The third kappa shape index (κ3) is 4.12. The molecule has 1 aromatic heterocycles. The summed E-state index contributed by atoms with van der Waals surface area (Å²) >= 11 is 0. The van der Waals surface area contributed by atoms with Crippen LogP contribution in [0.15, 0.2) is 24.4 Å². The number of hydrogen-bond acceptors (Lipinski definition) is 4. The Morgan fingerprint density at radius 3 is 2.89 bits per heavy atom. The first kappa shape index (κ1) is 13.6. The number of amides is 1. The molecule has 1 aliphatic heterocycles. The molecule has 104 valence electrons. The van der Waals surface area contributed by atoms with Gasteiger partial charge < -0.3 is 15.0 Å². The smallest absolute Gasteiger partial charge is 0.410 e. The Labute approximate surface area is 114 Å². The van der Waals surface area contributed by atoms with E-state index in [0.717, 1.165) is 18.8 Å². The minimum Gasteiger partial charge on any atom is -0.444 e. The molecule has 1 saturated heterocycles. The number of ether oxygens (including phenoxy) is 1. The highest BCUT2D eigenvalue weighted by Gasteiger charge is 2.29. The highest BCUT2D eigenvalue weighted by molar-refractivity contribution is 5.68. The van der Waals surface area contributed by atoms with Gasteiger partial charge in [-0.05, 0) is 39.3 Å². The van der Waals surface area contributed by atoms with E-state index in [1.807, 2.05) is 39.0 Å². The summed E-state index contributed by atoms with van der Waals surface area (Å²) in [6.45, 7) is 7.02. The first-order chi connectivity index (χ1) is 8.94. The van der Waals surface area contributed by atoms with Crippen LogP contribution in [0.25, 0.3) is 0 Å². The van der Waals surface area contributed by atoms with E-state index < -0.39 is 5.60 Å². The van der Waals surface area contributed by atoms with E-state index >= 15 is 0 Å². The van der Waals surface area contributed by atoms with Crippen LogP contribution < -0.4 is 5.32 Å². The summed E-state index contributed by atoms with van der Waals surface area (Å²) in [5, 5.41) is 3.33. The van der Waals surface area contributed by atoms with E-state index in [1.54, 1.807) is 11.1 Å². The first-order valence-corrected chi connectivity index (χ1v) is 6.59. The summed E-state index contributed by atoms with van der Waals surface area (Å²) in [7, 11) is 0. The molecule has 0 spiro atoms. The van der Waals surface area contributed by atoms with Gasteiger partial charge in [0.05, 0.1) is 0 Å². The predicted octanol–water partition coefficient (Wildman–Crippen LogP) is 2.50. The molecule has 1 amide bonds. The third-order valence-corrected chi connectivity index (χ3v) is 2.86. The molecule has 2 rings (SSSR count). The lowest BCUT2D eigenvalue weighted by molar-refractivity contribution is 0.0293. The van der Waals surface area contributed by atoms with Gasteiger partial charge in [0.25, 0.3) is 0 Å². The lowest BCUT2D eigenvalue weighted by atomic mass is 10.2. The van der Waals surface area contributed by atoms with Crippen molar-refractivity contribution in [1.82, 2.24) is 9.88 Å². The number of pyridine rings is 1. The Balaban J connectivity index is 1.85. The molecule has 5 heteroatoms. The second-order valence-electron chi connectivity index (χ2n) is 5.77. The van der Waals surface area contributed by atoms with Crippen LogP contribution in [0, 0.1) is 0 Å². The largest absolute Gasteiger partial charge is 0.444 e. The highest BCUT2D eigenvalue weighted by Crippen LogP contribution is 2.17. The zero-order valence-corrected chi connectivity index (χ0v) is 11.7. The van der Waals surface area contributed by atoms with Crippen molar-refractivity contribution >= 4 is 11.9 Å². The van der Waals surface area contributed by atoms with Gasteiger partial charge in [0.2, 0.25) is 0 Å². The number of nitrogens with one attached hydrogen (secondary N) is 1. The summed E-state index contributed by atoms with van der Waals surface area (Å²) in [6.07, 6.45) is 2.43. The van der Waals surface area contributed by atoms with E-state index in [4.69, 9.17) is 4.74 Å². The van der Waals surface area contributed by atoms with Crippen LogP contribution in [0.3, 0.4) is 0 Å². The van der Waals surface area contributed by atoms with E-state index in [0.29, 0.717) is 6.54 Å². The fourth-order valence-electron chi connectivity index (χ4n) is 2.03. The van der Waals surface area contributed by atoms with Crippen LogP contribution in [-0.2, 0) is 4.74 Å². The van der Waals surface area contributed by atoms with E-state index in [1.165, 1.54) is 0 Å². The summed E-state index contributed by atoms with van der Waals surface area (Å²) < 4.78 is 5.36. The van der Waals surface area contributed by atoms with Crippen molar-refractivity contribution in [2.24, 2.45) is 0 Å². The first-order valence-electron chi connectivity index (χ1n) is 6.59. The van der Waals surface area contributed by atoms with Gasteiger partial charge >= 0.3 is 6.09 Å². The second-order valence-corrected chi connectivity index (χ2v) is 5.77. The van der Waals surface area contributed by atoms with E-state index in [9.17, 15) is 4.79 Å². The number of anilines is 1. The molecule has 2 heterocycles. The van der Waals surface area contributed by atoms with Gasteiger partial charge in [0.15, 0.2) is 0 Å².